The number of aromatic nitrogens is 1. The molecule has 1 aliphatic heterocycles. The van der Waals surface area contributed by atoms with E-state index in [0.717, 1.165) is 5.56 Å². The van der Waals surface area contributed by atoms with Crippen molar-refractivity contribution in [3.8, 4) is 0 Å². The van der Waals surface area contributed by atoms with Crippen LogP contribution in [-0.4, -0.2) is 11.6 Å². The lowest BCUT2D eigenvalue weighted by molar-refractivity contribution is 0.0854. The summed E-state index contributed by atoms with van der Waals surface area (Å²) in [6.45, 7) is 0.585. The molecule has 0 spiro atoms. The Hall–Kier alpha value is -2.14. The van der Waals surface area contributed by atoms with Crippen LogP contribution in [0.2, 0.25) is 0 Å². The van der Waals surface area contributed by atoms with Crippen molar-refractivity contribution >= 4 is 0 Å². The monoisotopic (exact) mass is 245 g/mol. The molecular weight excluding hydrogens is 234 g/mol. The average molecular weight is 245 g/mol. The molecule has 5 nitrogen and oxygen atoms in total. The lowest BCUT2D eigenvalue weighted by atomic mass is 9.93. The molecule has 0 radical (unpaired) electrons. The number of benzene rings is 1. The van der Waals surface area contributed by atoms with Gasteiger partial charge in [-0.05, 0) is 5.56 Å². The Kier molecular flexibility index (Phi) is 2.60. The van der Waals surface area contributed by atoms with Gasteiger partial charge in [-0.25, -0.2) is 4.79 Å². The maximum atomic E-state index is 11.7. The van der Waals surface area contributed by atoms with E-state index in [0.29, 0.717) is 17.9 Å². The van der Waals surface area contributed by atoms with Gasteiger partial charge in [0.15, 0.2) is 0 Å². The van der Waals surface area contributed by atoms with Crippen molar-refractivity contribution in [1.82, 2.24) is 4.98 Å². The van der Waals surface area contributed by atoms with Gasteiger partial charge < -0.3 is 9.15 Å². The van der Waals surface area contributed by atoms with Gasteiger partial charge in [-0.3, -0.25) is 9.78 Å². The number of rotatable bonds is 1. The van der Waals surface area contributed by atoms with E-state index in [9.17, 15) is 9.59 Å². The van der Waals surface area contributed by atoms with Crippen molar-refractivity contribution < 1.29 is 9.15 Å². The molecule has 1 unspecified atom stereocenters. The largest absolute Gasteiger partial charge is 0.419 e. The van der Waals surface area contributed by atoms with Gasteiger partial charge in [0, 0.05) is 0 Å². The molecule has 3 rings (SSSR count). The molecule has 2 heterocycles. The molecule has 1 aromatic carbocycles. The van der Waals surface area contributed by atoms with Crippen LogP contribution in [0.15, 0.2) is 44.3 Å². The molecule has 0 fully saturated rings. The molecule has 5 heteroatoms. The van der Waals surface area contributed by atoms with E-state index in [-0.39, 0.29) is 12.5 Å². The number of aromatic amines is 1. The van der Waals surface area contributed by atoms with Crippen LogP contribution in [0.1, 0.15) is 22.8 Å². The second kappa shape index (κ2) is 4.27. The fourth-order valence-electron chi connectivity index (χ4n) is 2.17. The van der Waals surface area contributed by atoms with Crippen LogP contribution in [-0.2, 0) is 11.3 Å². The first kappa shape index (κ1) is 11.0. The first-order valence-corrected chi connectivity index (χ1v) is 5.64. The zero-order chi connectivity index (χ0) is 12.5. The van der Waals surface area contributed by atoms with E-state index in [4.69, 9.17) is 9.15 Å². The summed E-state index contributed by atoms with van der Waals surface area (Å²) in [5, 5.41) is 0. The van der Waals surface area contributed by atoms with E-state index in [1.807, 2.05) is 30.3 Å². The van der Waals surface area contributed by atoms with Crippen molar-refractivity contribution in [3.63, 3.8) is 0 Å². The van der Waals surface area contributed by atoms with Crippen LogP contribution in [0.4, 0.5) is 0 Å². The van der Waals surface area contributed by atoms with Gasteiger partial charge in [0.05, 0.1) is 24.7 Å². The Labute approximate surface area is 102 Å². The minimum absolute atomic E-state index is 0.178. The lowest BCUT2D eigenvalue weighted by Crippen LogP contribution is -2.30. The minimum Gasteiger partial charge on any atom is -0.413 e. The normalized spacial score (nSPS) is 18.3. The zero-order valence-corrected chi connectivity index (χ0v) is 9.51. The molecule has 1 atom stereocenters. The molecule has 2 aromatic rings. The van der Waals surface area contributed by atoms with Crippen molar-refractivity contribution in [2.24, 2.45) is 0 Å². The zero-order valence-electron chi connectivity index (χ0n) is 9.51. The molecule has 0 aliphatic carbocycles. The molecule has 0 saturated heterocycles. The third-order valence-electron chi connectivity index (χ3n) is 3.04. The first-order valence-electron chi connectivity index (χ1n) is 5.64. The van der Waals surface area contributed by atoms with Crippen molar-refractivity contribution in [3.05, 3.63) is 68.1 Å². The fraction of sp³-hybridized carbons (Fsp3) is 0.231. The number of ether oxygens (including phenoxy) is 1. The van der Waals surface area contributed by atoms with Crippen LogP contribution in [0.5, 0.6) is 0 Å². The summed E-state index contributed by atoms with van der Waals surface area (Å²) in [5.74, 6) is -0.507. The number of hydrogen-bond donors (Lipinski definition) is 1. The highest BCUT2D eigenvalue weighted by atomic mass is 16.5. The van der Waals surface area contributed by atoms with Gasteiger partial charge in [-0.15, -0.1) is 0 Å². The molecule has 18 heavy (non-hydrogen) atoms. The van der Waals surface area contributed by atoms with Crippen molar-refractivity contribution in [1.29, 1.82) is 0 Å². The summed E-state index contributed by atoms with van der Waals surface area (Å²) >= 11 is 0. The maximum absolute atomic E-state index is 11.7. The Balaban J connectivity index is 2.18. The van der Waals surface area contributed by atoms with Gasteiger partial charge in [0.25, 0.3) is 5.56 Å². The molecule has 1 aliphatic rings. The fourth-order valence-corrected chi connectivity index (χ4v) is 2.17. The summed E-state index contributed by atoms with van der Waals surface area (Å²) < 4.78 is 10.6. The molecule has 0 saturated carbocycles. The van der Waals surface area contributed by atoms with Gasteiger partial charge >= 0.3 is 5.76 Å². The van der Waals surface area contributed by atoms with Crippen LogP contribution < -0.4 is 11.3 Å². The third kappa shape index (κ3) is 1.78. The molecule has 1 aromatic heterocycles. The van der Waals surface area contributed by atoms with Gasteiger partial charge in [-0.2, -0.15) is 0 Å². The highest BCUT2D eigenvalue weighted by Gasteiger charge is 2.27. The van der Waals surface area contributed by atoms with E-state index < -0.39 is 11.3 Å². The second-order valence-electron chi connectivity index (χ2n) is 4.16. The minimum atomic E-state index is -0.721. The second-order valence-corrected chi connectivity index (χ2v) is 4.16. The molecule has 1 N–H and O–H groups in total. The van der Waals surface area contributed by atoms with Gasteiger partial charge in [-0.1, -0.05) is 30.3 Å². The SMILES string of the molecule is O=c1[nH]c(=O)c2c(o1)C(c1ccccc1)COC2. The van der Waals surface area contributed by atoms with Crippen LogP contribution in [0.25, 0.3) is 0 Å². The van der Waals surface area contributed by atoms with E-state index in [1.165, 1.54) is 0 Å². The predicted molar refractivity (Wildman–Crippen MR) is 63.5 cm³/mol. The van der Waals surface area contributed by atoms with E-state index >= 15 is 0 Å². The van der Waals surface area contributed by atoms with E-state index in [2.05, 4.69) is 4.98 Å². The lowest BCUT2D eigenvalue weighted by Gasteiger charge is -2.23. The summed E-state index contributed by atoms with van der Waals surface area (Å²) in [6.07, 6.45) is 0. The predicted octanol–water partition coefficient (Wildman–Crippen LogP) is 0.990. The standard InChI is InChI=1S/C13H11NO4/c15-12-10-7-17-6-9(8-4-2-1-3-5-8)11(10)18-13(16)14-12/h1-5,9H,6-7H2,(H,14,15,16). The Morgan fingerprint density at radius 1 is 1.17 bits per heavy atom. The Bertz CT molecular complexity index is 671. The Morgan fingerprint density at radius 3 is 2.72 bits per heavy atom. The molecule has 92 valence electrons. The van der Waals surface area contributed by atoms with Crippen molar-refractivity contribution in [2.75, 3.05) is 6.61 Å². The number of fused-ring (bicyclic) bond motifs is 1. The van der Waals surface area contributed by atoms with Crippen LogP contribution >= 0.6 is 0 Å². The molecule has 0 bridgehead atoms. The summed E-state index contributed by atoms with van der Waals surface area (Å²) in [5.41, 5.74) is 0.934. The first-order chi connectivity index (χ1) is 8.75. The average Bonchev–Trinajstić information content (AvgIpc) is 2.39. The number of hydrogen-bond acceptors (Lipinski definition) is 4. The topological polar surface area (TPSA) is 72.3 Å². The molecule has 0 amide bonds. The quantitative estimate of drug-likeness (QED) is 0.813. The van der Waals surface area contributed by atoms with Gasteiger partial charge in [0.1, 0.15) is 5.76 Å². The molecular formula is C13H11NO4. The Morgan fingerprint density at radius 2 is 1.94 bits per heavy atom. The summed E-state index contributed by atoms with van der Waals surface area (Å²) in [7, 11) is 0. The highest BCUT2D eigenvalue weighted by molar-refractivity contribution is 5.31. The smallest absolute Gasteiger partial charge is 0.413 e. The van der Waals surface area contributed by atoms with Crippen LogP contribution in [0, 0.1) is 0 Å². The number of H-pyrrole nitrogens is 1. The van der Waals surface area contributed by atoms with E-state index in [1.54, 1.807) is 0 Å². The maximum Gasteiger partial charge on any atom is 0.419 e. The summed E-state index contributed by atoms with van der Waals surface area (Å²) in [4.78, 5) is 25.1. The van der Waals surface area contributed by atoms with Crippen molar-refractivity contribution in [2.45, 2.75) is 12.5 Å². The van der Waals surface area contributed by atoms with Crippen LogP contribution in [0.3, 0.4) is 0 Å². The highest BCUT2D eigenvalue weighted by Crippen LogP contribution is 2.29. The summed E-state index contributed by atoms with van der Waals surface area (Å²) in [6, 6.07) is 9.54. The number of nitrogens with one attached hydrogen (secondary N) is 1. The third-order valence-corrected chi connectivity index (χ3v) is 3.04. The van der Waals surface area contributed by atoms with Gasteiger partial charge in [0.2, 0.25) is 0 Å².